The van der Waals surface area contributed by atoms with Gasteiger partial charge < -0.3 is 15.7 Å². The van der Waals surface area contributed by atoms with Crippen LogP contribution in [0.1, 0.15) is 49.3 Å². The van der Waals surface area contributed by atoms with Crippen LogP contribution in [-0.2, 0) is 16.8 Å². The number of aromatic nitrogens is 5. The Hall–Kier alpha value is -4.32. The van der Waals surface area contributed by atoms with E-state index in [2.05, 4.69) is 30.7 Å². The number of halogens is 2. The van der Waals surface area contributed by atoms with Crippen LogP contribution in [0.15, 0.2) is 36.5 Å². The molecule has 0 atom stereocenters. The number of nitrogens with zero attached hydrogens (tertiary/aromatic N) is 5. The molecule has 1 aliphatic heterocycles. The predicted octanol–water partition coefficient (Wildman–Crippen LogP) is 2.95. The molecule has 12 heteroatoms. The van der Waals surface area contributed by atoms with Gasteiger partial charge in [-0.25, -0.2) is 28.4 Å². The first-order valence-electron chi connectivity index (χ1n) is 11.9. The van der Waals surface area contributed by atoms with Crippen LogP contribution < -0.4 is 10.6 Å². The lowest BCUT2D eigenvalue weighted by Crippen LogP contribution is -2.39. The molecule has 10 nitrogen and oxygen atoms in total. The smallest absolute Gasteiger partial charge is 0.270 e. The Labute approximate surface area is 216 Å². The third kappa shape index (κ3) is 4.47. The van der Waals surface area contributed by atoms with Gasteiger partial charge >= 0.3 is 0 Å². The highest BCUT2D eigenvalue weighted by atomic mass is 19.1. The van der Waals surface area contributed by atoms with E-state index < -0.39 is 28.6 Å². The molecule has 0 radical (unpaired) electrons. The predicted molar refractivity (Wildman–Crippen MR) is 134 cm³/mol. The summed E-state index contributed by atoms with van der Waals surface area (Å²) in [6.45, 7) is 6.28. The second-order valence-electron chi connectivity index (χ2n) is 10.3. The maximum atomic E-state index is 14.4. The Balaban J connectivity index is 1.68. The molecular formula is C26H25F2N7O3. The molecule has 5 rings (SSSR count). The van der Waals surface area contributed by atoms with Gasteiger partial charge in [0, 0.05) is 17.7 Å². The van der Waals surface area contributed by atoms with E-state index in [0.717, 1.165) is 6.20 Å². The molecule has 38 heavy (non-hydrogen) atoms. The first-order chi connectivity index (χ1) is 17.8. The van der Waals surface area contributed by atoms with Gasteiger partial charge in [0.15, 0.2) is 11.5 Å². The number of carbonyl (C=O) groups excluding carboxylic acids is 2. The van der Waals surface area contributed by atoms with Gasteiger partial charge in [0.1, 0.15) is 28.8 Å². The average molecular weight is 522 g/mol. The molecule has 196 valence electrons. The SMILES string of the molecule is CC(C)(O)CNC(=O)c1nc(-c2nn(Cc3ccccc3F)c3ncc(F)cc23)nc2c1C(C)(C)C(=O)N2. The van der Waals surface area contributed by atoms with Crippen molar-refractivity contribution in [3.05, 3.63) is 65.0 Å². The van der Waals surface area contributed by atoms with Crippen LogP contribution in [-0.4, -0.2) is 53.8 Å². The van der Waals surface area contributed by atoms with Crippen molar-refractivity contribution in [3.8, 4) is 11.5 Å². The maximum Gasteiger partial charge on any atom is 0.270 e. The van der Waals surface area contributed by atoms with Crippen LogP contribution in [0.5, 0.6) is 0 Å². The van der Waals surface area contributed by atoms with E-state index in [-0.39, 0.29) is 53.1 Å². The zero-order valence-electron chi connectivity index (χ0n) is 21.1. The van der Waals surface area contributed by atoms with Crippen LogP contribution in [0.3, 0.4) is 0 Å². The van der Waals surface area contributed by atoms with Crippen molar-refractivity contribution < 1.29 is 23.5 Å². The lowest BCUT2D eigenvalue weighted by molar-refractivity contribution is -0.119. The summed E-state index contributed by atoms with van der Waals surface area (Å²) >= 11 is 0. The van der Waals surface area contributed by atoms with Crippen LogP contribution in [0, 0.1) is 11.6 Å². The number of nitrogens with one attached hydrogen (secondary N) is 2. The van der Waals surface area contributed by atoms with E-state index in [1.54, 1.807) is 32.0 Å². The minimum absolute atomic E-state index is 0.00452. The molecule has 0 saturated heterocycles. The number of aliphatic hydroxyl groups is 1. The largest absolute Gasteiger partial charge is 0.389 e. The summed E-state index contributed by atoms with van der Waals surface area (Å²) in [5.74, 6) is -2.01. The number of rotatable bonds is 6. The van der Waals surface area contributed by atoms with Gasteiger partial charge in [0.2, 0.25) is 5.91 Å². The Kier molecular flexibility index (Phi) is 5.94. The van der Waals surface area contributed by atoms with E-state index in [1.807, 2.05) is 0 Å². The summed E-state index contributed by atoms with van der Waals surface area (Å²) in [6.07, 6.45) is 1.02. The third-order valence-electron chi connectivity index (χ3n) is 6.27. The summed E-state index contributed by atoms with van der Waals surface area (Å²) in [7, 11) is 0. The summed E-state index contributed by atoms with van der Waals surface area (Å²) in [6, 6.07) is 7.38. The highest BCUT2D eigenvalue weighted by Crippen LogP contribution is 2.39. The monoisotopic (exact) mass is 521 g/mol. The van der Waals surface area contributed by atoms with E-state index in [1.165, 1.54) is 30.7 Å². The molecule has 0 saturated carbocycles. The Morgan fingerprint density at radius 1 is 1.21 bits per heavy atom. The van der Waals surface area contributed by atoms with E-state index >= 15 is 0 Å². The molecule has 1 aromatic carbocycles. The number of hydrogen-bond donors (Lipinski definition) is 3. The van der Waals surface area contributed by atoms with Crippen LogP contribution in [0.2, 0.25) is 0 Å². The van der Waals surface area contributed by atoms with Crippen molar-refractivity contribution in [2.24, 2.45) is 0 Å². The molecular weight excluding hydrogens is 496 g/mol. The number of fused-ring (bicyclic) bond motifs is 2. The molecule has 4 heterocycles. The molecule has 0 unspecified atom stereocenters. The minimum atomic E-state index is -1.19. The van der Waals surface area contributed by atoms with E-state index in [9.17, 15) is 23.5 Å². The average Bonchev–Trinajstić information content (AvgIpc) is 3.31. The number of amides is 2. The molecule has 0 fully saturated rings. The lowest BCUT2D eigenvalue weighted by atomic mass is 9.85. The number of benzene rings is 1. The van der Waals surface area contributed by atoms with Gasteiger partial charge in [-0.2, -0.15) is 5.10 Å². The first kappa shape index (κ1) is 25.3. The normalized spacial score (nSPS) is 14.4. The standard InChI is InChI=1S/C26H25F2N7O3/c1-25(2,38)12-30-23(36)19-17-20(33-24(37)26(17,3)4)32-21(31-19)18-15-9-14(27)10-29-22(15)35(34-18)11-13-7-5-6-8-16(13)28/h5-10,38H,11-12H2,1-4H3,(H,30,36)(H,31,32,33,37). The number of anilines is 1. The number of hydrogen-bond acceptors (Lipinski definition) is 7. The molecule has 0 bridgehead atoms. The van der Waals surface area contributed by atoms with Gasteiger partial charge in [0.25, 0.3) is 5.91 Å². The van der Waals surface area contributed by atoms with Crippen molar-refractivity contribution >= 4 is 28.7 Å². The van der Waals surface area contributed by atoms with E-state index in [0.29, 0.717) is 11.1 Å². The topological polar surface area (TPSA) is 135 Å². The van der Waals surface area contributed by atoms with Crippen LogP contribution in [0.4, 0.5) is 14.6 Å². The van der Waals surface area contributed by atoms with Gasteiger partial charge in [0.05, 0.1) is 29.1 Å². The Bertz CT molecular complexity index is 1610. The molecule has 3 N–H and O–H groups in total. The fraction of sp³-hybridized carbons (Fsp3) is 0.308. The van der Waals surface area contributed by atoms with Crippen molar-refractivity contribution in [1.29, 1.82) is 0 Å². The summed E-state index contributed by atoms with van der Waals surface area (Å²) in [4.78, 5) is 39.0. The Morgan fingerprint density at radius 2 is 1.95 bits per heavy atom. The van der Waals surface area contributed by atoms with Gasteiger partial charge in [-0.1, -0.05) is 18.2 Å². The van der Waals surface area contributed by atoms with Crippen molar-refractivity contribution in [2.45, 2.75) is 45.3 Å². The first-order valence-corrected chi connectivity index (χ1v) is 11.9. The van der Waals surface area contributed by atoms with Crippen molar-refractivity contribution in [2.75, 3.05) is 11.9 Å². The highest BCUT2D eigenvalue weighted by molar-refractivity contribution is 6.09. The summed E-state index contributed by atoms with van der Waals surface area (Å²) < 4.78 is 30.1. The highest BCUT2D eigenvalue weighted by Gasteiger charge is 2.44. The molecule has 1 aliphatic rings. The summed E-state index contributed by atoms with van der Waals surface area (Å²) in [5, 5.41) is 20.2. The minimum Gasteiger partial charge on any atom is -0.389 e. The lowest BCUT2D eigenvalue weighted by Gasteiger charge is -2.20. The number of pyridine rings is 1. The third-order valence-corrected chi connectivity index (χ3v) is 6.27. The van der Waals surface area contributed by atoms with Crippen molar-refractivity contribution in [3.63, 3.8) is 0 Å². The molecule has 0 aliphatic carbocycles. The maximum absolute atomic E-state index is 14.4. The zero-order chi connectivity index (χ0) is 27.4. The quantitative estimate of drug-likeness (QED) is 0.355. The van der Waals surface area contributed by atoms with Crippen molar-refractivity contribution in [1.82, 2.24) is 30.0 Å². The van der Waals surface area contributed by atoms with Crippen LogP contribution >= 0.6 is 0 Å². The van der Waals surface area contributed by atoms with Gasteiger partial charge in [-0.05, 0) is 39.8 Å². The molecule has 3 aromatic heterocycles. The van der Waals surface area contributed by atoms with Gasteiger partial charge in [-0.15, -0.1) is 0 Å². The second kappa shape index (κ2) is 8.91. The second-order valence-corrected chi connectivity index (χ2v) is 10.3. The molecule has 4 aromatic rings. The fourth-order valence-corrected chi connectivity index (χ4v) is 4.27. The fourth-order valence-electron chi connectivity index (χ4n) is 4.27. The number of carbonyl (C=O) groups is 2. The molecule has 0 spiro atoms. The summed E-state index contributed by atoms with van der Waals surface area (Å²) in [5.41, 5.74) is -1.41. The van der Waals surface area contributed by atoms with E-state index in [4.69, 9.17) is 0 Å². The Morgan fingerprint density at radius 3 is 2.66 bits per heavy atom. The van der Waals surface area contributed by atoms with Gasteiger partial charge in [-0.3, -0.25) is 9.59 Å². The zero-order valence-corrected chi connectivity index (χ0v) is 21.1. The van der Waals surface area contributed by atoms with Crippen LogP contribution in [0.25, 0.3) is 22.6 Å². The molecule has 2 amide bonds.